The highest BCUT2D eigenvalue weighted by Gasteiger charge is 2.01. The van der Waals surface area contributed by atoms with E-state index in [2.05, 4.69) is 15.4 Å². The highest BCUT2D eigenvalue weighted by Crippen LogP contribution is 2.02. The lowest BCUT2D eigenvalue weighted by Crippen LogP contribution is -1.97. The Morgan fingerprint density at radius 1 is 1.29 bits per heavy atom. The number of aldehydes is 1. The van der Waals surface area contributed by atoms with E-state index in [4.69, 9.17) is 0 Å². The fourth-order valence-corrected chi connectivity index (χ4v) is 1.06. The van der Waals surface area contributed by atoms with E-state index in [9.17, 15) is 4.79 Å². The molecule has 0 fully saturated rings. The van der Waals surface area contributed by atoms with Gasteiger partial charge < -0.3 is 5.32 Å². The van der Waals surface area contributed by atoms with Crippen molar-refractivity contribution in [3.8, 4) is 0 Å². The van der Waals surface area contributed by atoms with Crippen LogP contribution in [-0.2, 0) is 0 Å². The van der Waals surface area contributed by atoms with E-state index < -0.39 is 0 Å². The number of nitrogens with one attached hydrogen (secondary N) is 1. The number of rotatable bonds is 1. The van der Waals surface area contributed by atoms with Gasteiger partial charge in [0.25, 0.3) is 0 Å². The summed E-state index contributed by atoms with van der Waals surface area (Å²) in [4.78, 5) is 14.5. The topological polar surface area (TPSA) is 59.3 Å². The predicted octanol–water partition coefficient (Wildman–Crippen LogP) is 1.71. The molecule has 0 aliphatic rings. The van der Waals surface area contributed by atoms with E-state index in [0.29, 0.717) is 11.3 Å². The fraction of sp³-hybridized carbons (Fsp3) is 0.417. The van der Waals surface area contributed by atoms with Crippen LogP contribution >= 0.6 is 0 Å². The predicted molar refractivity (Wildman–Crippen MR) is 69.4 cm³/mol. The lowest BCUT2D eigenvalue weighted by Gasteiger charge is -1.94. The second-order valence-electron chi connectivity index (χ2n) is 3.05. The molecular weight excluding hydrogens is 216 g/mol. The summed E-state index contributed by atoms with van der Waals surface area (Å²) in [6, 6.07) is 3.69. The molecule has 5 nitrogen and oxygen atoms in total. The van der Waals surface area contributed by atoms with Crippen LogP contribution in [0.15, 0.2) is 18.3 Å². The van der Waals surface area contributed by atoms with Crippen molar-refractivity contribution in [1.29, 1.82) is 0 Å². The molecule has 0 unspecified atom stereocenters. The summed E-state index contributed by atoms with van der Waals surface area (Å²) in [7, 11) is 3.75. The lowest BCUT2D eigenvalue weighted by atomic mass is 10.4. The number of aryl methyl sites for hydroxylation is 1. The van der Waals surface area contributed by atoms with E-state index >= 15 is 0 Å². The summed E-state index contributed by atoms with van der Waals surface area (Å²) in [5.74, 6) is 0. The Balaban J connectivity index is 0.000000450. The first-order valence-electron chi connectivity index (χ1n) is 5.58. The Hall–Kier alpha value is -1.75. The van der Waals surface area contributed by atoms with Crippen LogP contribution in [0.4, 0.5) is 0 Å². The van der Waals surface area contributed by atoms with Gasteiger partial charge in [0, 0.05) is 0 Å². The van der Waals surface area contributed by atoms with Gasteiger partial charge in [-0.3, -0.25) is 4.79 Å². The van der Waals surface area contributed by atoms with Crippen molar-refractivity contribution in [2.45, 2.75) is 20.8 Å². The minimum Gasteiger partial charge on any atom is -0.323 e. The number of hydrogen-bond acceptors (Lipinski definition) is 4. The van der Waals surface area contributed by atoms with Gasteiger partial charge in [-0.2, -0.15) is 5.10 Å². The van der Waals surface area contributed by atoms with Crippen LogP contribution in [0.1, 0.15) is 30.0 Å². The molecule has 0 aliphatic carbocycles. The van der Waals surface area contributed by atoms with Crippen molar-refractivity contribution in [2.24, 2.45) is 0 Å². The summed E-state index contributed by atoms with van der Waals surface area (Å²) in [5, 5.41) is 6.88. The van der Waals surface area contributed by atoms with Gasteiger partial charge in [0.2, 0.25) is 0 Å². The molecule has 0 spiro atoms. The quantitative estimate of drug-likeness (QED) is 0.766. The SMILES string of the molecule is CC.CNC.Cc1ccc2ncc(C=O)n2n1. The van der Waals surface area contributed by atoms with Gasteiger partial charge >= 0.3 is 0 Å². The van der Waals surface area contributed by atoms with Crippen molar-refractivity contribution in [1.82, 2.24) is 19.9 Å². The summed E-state index contributed by atoms with van der Waals surface area (Å²) in [5.41, 5.74) is 2.04. The summed E-state index contributed by atoms with van der Waals surface area (Å²) in [6.45, 7) is 5.87. The highest BCUT2D eigenvalue weighted by atomic mass is 16.1. The second kappa shape index (κ2) is 8.41. The maximum absolute atomic E-state index is 10.5. The number of nitrogens with zero attached hydrogens (tertiary/aromatic N) is 3. The third-order valence-electron chi connectivity index (χ3n) is 1.64. The second-order valence-corrected chi connectivity index (χ2v) is 3.05. The molecule has 2 aromatic rings. The van der Waals surface area contributed by atoms with Crippen LogP contribution in [0.3, 0.4) is 0 Å². The van der Waals surface area contributed by atoms with Crippen molar-refractivity contribution in [2.75, 3.05) is 14.1 Å². The van der Waals surface area contributed by atoms with E-state index in [1.807, 2.05) is 47.0 Å². The number of aromatic nitrogens is 3. The smallest absolute Gasteiger partial charge is 0.170 e. The number of carbonyl (C=O) groups is 1. The number of hydrogen-bond donors (Lipinski definition) is 1. The Morgan fingerprint density at radius 3 is 2.41 bits per heavy atom. The Morgan fingerprint density at radius 2 is 1.88 bits per heavy atom. The van der Waals surface area contributed by atoms with Gasteiger partial charge in [-0.25, -0.2) is 9.50 Å². The zero-order chi connectivity index (χ0) is 13.3. The minimum absolute atomic E-state index is 0.480. The summed E-state index contributed by atoms with van der Waals surface area (Å²) >= 11 is 0. The van der Waals surface area contributed by atoms with E-state index in [-0.39, 0.29) is 0 Å². The van der Waals surface area contributed by atoms with Gasteiger partial charge in [-0.15, -0.1) is 0 Å². The normalized spacial score (nSPS) is 8.76. The Labute approximate surface area is 102 Å². The molecule has 0 aromatic carbocycles. The summed E-state index contributed by atoms with van der Waals surface area (Å²) in [6.07, 6.45) is 2.25. The van der Waals surface area contributed by atoms with Gasteiger partial charge in [0.05, 0.1) is 11.9 Å². The van der Waals surface area contributed by atoms with Crippen molar-refractivity contribution in [3.63, 3.8) is 0 Å². The molecule has 5 heteroatoms. The molecular formula is C12H20N4O. The first-order valence-corrected chi connectivity index (χ1v) is 5.58. The van der Waals surface area contributed by atoms with Gasteiger partial charge in [-0.1, -0.05) is 13.8 Å². The minimum atomic E-state index is 0.480. The number of fused-ring (bicyclic) bond motifs is 1. The zero-order valence-electron chi connectivity index (χ0n) is 11.1. The molecule has 2 aromatic heterocycles. The molecule has 1 N–H and O–H groups in total. The molecule has 94 valence electrons. The van der Waals surface area contributed by atoms with Crippen LogP contribution in [0, 0.1) is 6.92 Å². The standard InChI is InChI=1S/C8H7N3O.C2H7N.C2H6/c1-6-2-3-8-9-4-7(5-12)11(8)10-6;1-3-2;1-2/h2-5H,1H3;3H,1-2H3;1-2H3. The van der Waals surface area contributed by atoms with Crippen molar-refractivity contribution in [3.05, 3.63) is 29.7 Å². The lowest BCUT2D eigenvalue weighted by molar-refractivity contribution is 0.111. The van der Waals surface area contributed by atoms with Gasteiger partial charge in [-0.05, 0) is 33.2 Å². The fourth-order valence-electron chi connectivity index (χ4n) is 1.06. The largest absolute Gasteiger partial charge is 0.323 e. The number of imidazole rings is 1. The molecule has 0 bridgehead atoms. The van der Waals surface area contributed by atoms with Crippen molar-refractivity contribution >= 4 is 11.9 Å². The molecule has 2 heterocycles. The third kappa shape index (κ3) is 4.32. The van der Waals surface area contributed by atoms with E-state index in [1.54, 1.807) is 0 Å². The van der Waals surface area contributed by atoms with Crippen LogP contribution in [0.25, 0.3) is 5.65 Å². The first-order chi connectivity index (χ1) is 8.22. The molecule has 0 saturated carbocycles. The Bertz CT molecular complexity index is 451. The maximum Gasteiger partial charge on any atom is 0.170 e. The molecule has 0 amide bonds. The molecule has 2 rings (SSSR count). The summed E-state index contributed by atoms with van der Waals surface area (Å²) < 4.78 is 1.53. The molecule has 0 aliphatic heterocycles. The van der Waals surface area contributed by atoms with Crippen LogP contribution in [-0.4, -0.2) is 35.0 Å². The van der Waals surface area contributed by atoms with Crippen LogP contribution < -0.4 is 5.32 Å². The van der Waals surface area contributed by atoms with Gasteiger partial charge in [0.1, 0.15) is 5.69 Å². The van der Waals surface area contributed by atoms with E-state index in [0.717, 1.165) is 12.0 Å². The first kappa shape index (κ1) is 15.2. The van der Waals surface area contributed by atoms with Crippen LogP contribution in [0.2, 0.25) is 0 Å². The molecule has 0 radical (unpaired) electrons. The number of carbonyl (C=O) groups excluding carboxylic acids is 1. The maximum atomic E-state index is 10.5. The highest BCUT2D eigenvalue weighted by molar-refractivity contribution is 5.73. The molecule has 0 atom stereocenters. The average molecular weight is 236 g/mol. The molecule has 17 heavy (non-hydrogen) atoms. The van der Waals surface area contributed by atoms with Crippen LogP contribution in [0.5, 0.6) is 0 Å². The third-order valence-corrected chi connectivity index (χ3v) is 1.64. The van der Waals surface area contributed by atoms with Gasteiger partial charge in [0.15, 0.2) is 11.9 Å². The van der Waals surface area contributed by atoms with Crippen molar-refractivity contribution < 1.29 is 4.79 Å². The average Bonchev–Trinajstić information content (AvgIpc) is 2.75. The monoisotopic (exact) mass is 236 g/mol. The molecule has 0 saturated heterocycles. The van der Waals surface area contributed by atoms with E-state index in [1.165, 1.54) is 10.7 Å². The Kier molecular flexibility index (Phi) is 7.54. The zero-order valence-corrected chi connectivity index (χ0v) is 11.1.